The molecule has 0 atom stereocenters. The van der Waals surface area contributed by atoms with Crippen LogP contribution in [0.5, 0.6) is 0 Å². The lowest BCUT2D eigenvalue weighted by atomic mass is 9.93. The molecule has 1 aromatic carbocycles. The van der Waals surface area contributed by atoms with Crippen molar-refractivity contribution in [3.8, 4) is 0 Å². The Bertz CT molecular complexity index is 560. The number of carboxylic acids is 1. The topological polar surface area (TPSA) is 66.0 Å². The molecule has 0 bridgehead atoms. The quantitative estimate of drug-likeness (QED) is 0.845. The Morgan fingerprint density at radius 3 is 2.81 bits per heavy atom. The van der Waals surface area contributed by atoms with Crippen molar-refractivity contribution < 1.29 is 9.90 Å². The van der Waals surface area contributed by atoms with Crippen molar-refractivity contribution in [1.29, 1.82) is 0 Å². The molecule has 0 unspecified atom stereocenters. The van der Waals surface area contributed by atoms with Gasteiger partial charge in [0, 0.05) is 5.02 Å². The number of imidazole rings is 1. The van der Waals surface area contributed by atoms with Crippen molar-refractivity contribution in [2.45, 2.75) is 19.3 Å². The highest BCUT2D eigenvalue weighted by Crippen LogP contribution is 2.24. The minimum absolute atomic E-state index is 0.428. The van der Waals surface area contributed by atoms with E-state index in [0.29, 0.717) is 16.4 Å². The molecular weight excluding hydrogens is 228 g/mol. The van der Waals surface area contributed by atoms with E-state index < -0.39 is 11.4 Å². The standard InChI is InChI=1S/C11H11ClN2O2/c1-11(2,10(15)16)9-13-7-4-3-6(12)5-8(7)14-9/h3-5H,1-2H3,(H,13,14)(H,15,16). The van der Waals surface area contributed by atoms with E-state index in [4.69, 9.17) is 16.7 Å². The molecule has 0 aliphatic heterocycles. The molecule has 2 rings (SSSR count). The maximum atomic E-state index is 11.1. The summed E-state index contributed by atoms with van der Waals surface area (Å²) in [4.78, 5) is 18.3. The summed E-state index contributed by atoms with van der Waals surface area (Å²) in [6.07, 6.45) is 0. The van der Waals surface area contributed by atoms with E-state index >= 15 is 0 Å². The molecule has 2 aromatic rings. The summed E-state index contributed by atoms with van der Waals surface area (Å²) in [5.74, 6) is -0.491. The summed E-state index contributed by atoms with van der Waals surface area (Å²) in [6, 6.07) is 5.21. The largest absolute Gasteiger partial charge is 0.481 e. The first kappa shape index (κ1) is 11.0. The number of halogens is 1. The van der Waals surface area contributed by atoms with Crippen molar-refractivity contribution in [2.75, 3.05) is 0 Å². The van der Waals surface area contributed by atoms with Gasteiger partial charge >= 0.3 is 5.97 Å². The van der Waals surface area contributed by atoms with Gasteiger partial charge < -0.3 is 10.1 Å². The van der Waals surface area contributed by atoms with Crippen molar-refractivity contribution in [3.63, 3.8) is 0 Å². The number of nitrogens with one attached hydrogen (secondary N) is 1. The van der Waals surface area contributed by atoms with E-state index in [1.807, 2.05) is 0 Å². The molecule has 4 nitrogen and oxygen atoms in total. The van der Waals surface area contributed by atoms with Crippen LogP contribution in [-0.2, 0) is 10.2 Å². The van der Waals surface area contributed by atoms with E-state index in [0.717, 1.165) is 5.52 Å². The highest BCUT2D eigenvalue weighted by Gasteiger charge is 2.32. The Morgan fingerprint density at radius 2 is 2.19 bits per heavy atom. The van der Waals surface area contributed by atoms with Gasteiger partial charge in [0.2, 0.25) is 0 Å². The molecular formula is C11H11ClN2O2. The second kappa shape index (κ2) is 3.49. The van der Waals surface area contributed by atoms with Crippen molar-refractivity contribution in [3.05, 3.63) is 29.0 Å². The van der Waals surface area contributed by atoms with E-state index in [9.17, 15) is 4.79 Å². The third-order valence-electron chi connectivity index (χ3n) is 2.57. The van der Waals surface area contributed by atoms with Crippen LogP contribution >= 0.6 is 11.6 Å². The first-order valence-electron chi connectivity index (χ1n) is 4.80. The molecule has 0 saturated heterocycles. The van der Waals surface area contributed by atoms with Gasteiger partial charge in [0.1, 0.15) is 11.2 Å². The summed E-state index contributed by atoms with van der Waals surface area (Å²) in [7, 11) is 0. The molecule has 1 heterocycles. The van der Waals surface area contributed by atoms with Crippen molar-refractivity contribution in [1.82, 2.24) is 9.97 Å². The molecule has 84 valence electrons. The lowest BCUT2D eigenvalue weighted by Gasteiger charge is -2.15. The molecule has 0 amide bonds. The Morgan fingerprint density at radius 1 is 1.50 bits per heavy atom. The number of benzene rings is 1. The maximum absolute atomic E-state index is 11.1. The molecule has 1 aromatic heterocycles. The number of carbonyl (C=O) groups is 1. The zero-order valence-corrected chi connectivity index (χ0v) is 9.67. The van der Waals surface area contributed by atoms with E-state index in [-0.39, 0.29) is 0 Å². The second-order valence-electron chi connectivity index (χ2n) is 4.18. The fourth-order valence-electron chi connectivity index (χ4n) is 1.38. The van der Waals surface area contributed by atoms with Crippen molar-refractivity contribution >= 4 is 28.6 Å². The van der Waals surface area contributed by atoms with Crippen LogP contribution in [-0.4, -0.2) is 21.0 Å². The molecule has 2 N–H and O–H groups in total. The molecule has 0 spiro atoms. The molecule has 0 aliphatic carbocycles. The van der Waals surface area contributed by atoms with Gasteiger partial charge in [0.25, 0.3) is 0 Å². The molecule has 0 fully saturated rings. The lowest BCUT2D eigenvalue weighted by molar-refractivity contribution is -0.142. The van der Waals surface area contributed by atoms with Gasteiger partial charge in [-0.05, 0) is 32.0 Å². The Labute approximate surface area is 97.3 Å². The number of aromatic amines is 1. The van der Waals surface area contributed by atoms with E-state index in [2.05, 4.69) is 9.97 Å². The van der Waals surface area contributed by atoms with Crippen LogP contribution in [0, 0.1) is 0 Å². The van der Waals surface area contributed by atoms with Crippen LogP contribution in [0.1, 0.15) is 19.7 Å². The number of hydrogen-bond donors (Lipinski definition) is 2. The van der Waals surface area contributed by atoms with Gasteiger partial charge in [-0.25, -0.2) is 4.98 Å². The number of aromatic nitrogens is 2. The molecule has 0 aliphatic rings. The minimum Gasteiger partial charge on any atom is -0.481 e. The number of H-pyrrole nitrogens is 1. The van der Waals surface area contributed by atoms with Crippen LogP contribution in [0.4, 0.5) is 0 Å². The first-order chi connectivity index (χ1) is 7.41. The van der Waals surface area contributed by atoms with E-state index in [1.54, 1.807) is 32.0 Å². The summed E-state index contributed by atoms with van der Waals surface area (Å²) in [6.45, 7) is 3.21. The SMILES string of the molecule is CC(C)(C(=O)O)c1nc2ccc(Cl)cc2[nH]1. The molecule has 5 heteroatoms. The molecule has 16 heavy (non-hydrogen) atoms. The predicted octanol–water partition coefficient (Wildman–Crippen LogP) is 2.58. The predicted molar refractivity (Wildman–Crippen MR) is 61.8 cm³/mol. The zero-order valence-electron chi connectivity index (χ0n) is 8.91. The van der Waals surface area contributed by atoms with Gasteiger partial charge in [0.15, 0.2) is 0 Å². The van der Waals surface area contributed by atoms with Crippen molar-refractivity contribution in [2.24, 2.45) is 0 Å². The first-order valence-corrected chi connectivity index (χ1v) is 5.18. The summed E-state index contributed by atoms with van der Waals surface area (Å²) in [5, 5.41) is 9.68. The van der Waals surface area contributed by atoms with Gasteiger partial charge in [-0.1, -0.05) is 11.6 Å². The Hall–Kier alpha value is -1.55. The minimum atomic E-state index is -1.04. The Balaban J connectivity index is 2.59. The summed E-state index contributed by atoms with van der Waals surface area (Å²) >= 11 is 5.84. The third-order valence-corrected chi connectivity index (χ3v) is 2.81. The fourth-order valence-corrected chi connectivity index (χ4v) is 1.55. The normalized spacial score (nSPS) is 11.9. The summed E-state index contributed by atoms with van der Waals surface area (Å²) in [5.41, 5.74) is 0.427. The maximum Gasteiger partial charge on any atom is 0.316 e. The van der Waals surface area contributed by atoms with Crippen LogP contribution in [0.3, 0.4) is 0 Å². The van der Waals surface area contributed by atoms with Gasteiger partial charge in [-0.3, -0.25) is 4.79 Å². The zero-order chi connectivity index (χ0) is 11.9. The number of aliphatic carboxylic acids is 1. The van der Waals surface area contributed by atoms with Crippen LogP contribution in [0.2, 0.25) is 5.02 Å². The highest BCUT2D eigenvalue weighted by molar-refractivity contribution is 6.31. The third kappa shape index (κ3) is 1.65. The second-order valence-corrected chi connectivity index (χ2v) is 4.61. The van der Waals surface area contributed by atoms with Crippen LogP contribution < -0.4 is 0 Å². The van der Waals surface area contributed by atoms with Crippen LogP contribution in [0.15, 0.2) is 18.2 Å². The number of rotatable bonds is 2. The Kier molecular flexibility index (Phi) is 2.39. The smallest absolute Gasteiger partial charge is 0.316 e. The number of fused-ring (bicyclic) bond motifs is 1. The molecule has 0 saturated carbocycles. The van der Waals surface area contributed by atoms with Gasteiger partial charge in [0.05, 0.1) is 11.0 Å². The summed E-state index contributed by atoms with van der Waals surface area (Å²) < 4.78 is 0. The number of carboxylic acid groups (broad SMARTS) is 1. The highest BCUT2D eigenvalue weighted by atomic mass is 35.5. The lowest BCUT2D eigenvalue weighted by Crippen LogP contribution is -2.29. The number of hydrogen-bond acceptors (Lipinski definition) is 2. The van der Waals surface area contributed by atoms with Crippen LogP contribution in [0.25, 0.3) is 11.0 Å². The average molecular weight is 239 g/mol. The molecule has 0 radical (unpaired) electrons. The monoisotopic (exact) mass is 238 g/mol. The van der Waals surface area contributed by atoms with Gasteiger partial charge in [-0.2, -0.15) is 0 Å². The number of nitrogens with zero attached hydrogens (tertiary/aromatic N) is 1. The average Bonchev–Trinajstić information content (AvgIpc) is 2.60. The fraction of sp³-hybridized carbons (Fsp3) is 0.273. The van der Waals surface area contributed by atoms with E-state index in [1.165, 1.54) is 0 Å². The van der Waals surface area contributed by atoms with Gasteiger partial charge in [-0.15, -0.1) is 0 Å².